The van der Waals surface area contributed by atoms with Gasteiger partial charge in [0.1, 0.15) is 17.8 Å². The topological polar surface area (TPSA) is 51.0 Å². The van der Waals surface area contributed by atoms with Gasteiger partial charge < -0.3 is 9.73 Å². The second kappa shape index (κ2) is 3.26. The highest BCUT2D eigenvalue weighted by molar-refractivity contribution is 5.55. The molecule has 0 amide bonds. The van der Waals surface area contributed by atoms with E-state index >= 15 is 0 Å². The Morgan fingerprint density at radius 1 is 1.38 bits per heavy atom. The second-order valence-corrected chi connectivity index (χ2v) is 2.52. The van der Waals surface area contributed by atoms with Crippen LogP contribution in [-0.4, -0.2) is 17.0 Å². The van der Waals surface area contributed by atoms with Crippen LogP contribution in [0.5, 0.6) is 0 Å². The molecule has 0 aliphatic heterocycles. The molecule has 1 N–H and O–H groups in total. The van der Waals surface area contributed by atoms with Crippen LogP contribution < -0.4 is 5.32 Å². The number of nitrogens with one attached hydrogen (secondary N) is 1. The van der Waals surface area contributed by atoms with Gasteiger partial charge in [-0.2, -0.15) is 0 Å². The van der Waals surface area contributed by atoms with Gasteiger partial charge in [-0.3, -0.25) is 0 Å². The summed E-state index contributed by atoms with van der Waals surface area (Å²) in [4.78, 5) is 8.09. The van der Waals surface area contributed by atoms with Crippen LogP contribution in [0.2, 0.25) is 0 Å². The zero-order valence-electron chi connectivity index (χ0n) is 7.19. The largest absolute Gasteiger partial charge is 0.463 e. The van der Waals surface area contributed by atoms with E-state index in [-0.39, 0.29) is 0 Å². The lowest BCUT2D eigenvalue weighted by Gasteiger charge is -1.99. The van der Waals surface area contributed by atoms with Crippen molar-refractivity contribution in [3.8, 4) is 11.5 Å². The lowest BCUT2D eigenvalue weighted by molar-refractivity contribution is 0.580. The fourth-order valence-electron chi connectivity index (χ4n) is 1.05. The highest BCUT2D eigenvalue weighted by Gasteiger charge is 2.02. The highest BCUT2D eigenvalue weighted by atomic mass is 16.3. The monoisotopic (exact) mass is 175 g/mol. The average Bonchev–Trinajstić information content (AvgIpc) is 2.71. The molecular weight excluding hydrogens is 166 g/mol. The molecule has 0 radical (unpaired) electrons. The first kappa shape index (κ1) is 7.79. The summed E-state index contributed by atoms with van der Waals surface area (Å²) >= 11 is 0. The van der Waals surface area contributed by atoms with Crippen molar-refractivity contribution < 1.29 is 4.42 Å². The lowest BCUT2D eigenvalue weighted by Crippen LogP contribution is -1.93. The number of furan rings is 1. The SMILES string of the molecule is CNc1cc(-c2ccco2)ncn1. The predicted molar refractivity (Wildman–Crippen MR) is 49.3 cm³/mol. The molecule has 0 atom stereocenters. The molecule has 2 aromatic rings. The molecule has 0 aliphatic carbocycles. The van der Waals surface area contributed by atoms with E-state index in [2.05, 4.69) is 15.3 Å². The quantitative estimate of drug-likeness (QED) is 0.755. The Morgan fingerprint density at radius 2 is 2.31 bits per heavy atom. The summed E-state index contributed by atoms with van der Waals surface area (Å²) in [5.41, 5.74) is 0.782. The van der Waals surface area contributed by atoms with E-state index in [1.54, 1.807) is 6.26 Å². The van der Waals surface area contributed by atoms with Crippen molar-refractivity contribution in [2.75, 3.05) is 12.4 Å². The molecule has 0 fully saturated rings. The van der Waals surface area contributed by atoms with E-state index in [1.165, 1.54) is 6.33 Å². The van der Waals surface area contributed by atoms with Gasteiger partial charge in [0, 0.05) is 13.1 Å². The van der Waals surface area contributed by atoms with Crippen LogP contribution in [0.1, 0.15) is 0 Å². The third-order valence-electron chi connectivity index (χ3n) is 1.70. The summed E-state index contributed by atoms with van der Waals surface area (Å²) < 4.78 is 5.20. The van der Waals surface area contributed by atoms with Gasteiger partial charge in [-0.05, 0) is 12.1 Å². The van der Waals surface area contributed by atoms with Crippen LogP contribution >= 0.6 is 0 Å². The van der Waals surface area contributed by atoms with Crippen LogP contribution in [0.15, 0.2) is 35.2 Å². The molecule has 0 aliphatic rings. The van der Waals surface area contributed by atoms with Crippen molar-refractivity contribution in [2.24, 2.45) is 0 Å². The lowest BCUT2D eigenvalue weighted by atomic mass is 10.3. The molecule has 0 spiro atoms. The Morgan fingerprint density at radius 3 is 3.00 bits per heavy atom. The summed E-state index contributed by atoms with van der Waals surface area (Å²) in [6.07, 6.45) is 3.13. The average molecular weight is 175 g/mol. The Labute approximate surface area is 75.6 Å². The van der Waals surface area contributed by atoms with Gasteiger partial charge in [0.25, 0.3) is 0 Å². The van der Waals surface area contributed by atoms with E-state index in [0.717, 1.165) is 17.3 Å². The van der Waals surface area contributed by atoms with E-state index in [1.807, 2.05) is 25.2 Å². The normalized spacial score (nSPS) is 9.92. The number of rotatable bonds is 2. The molecule has 13 heavy (non-hydrogen) atoms. The zero-order valence-corrected chi connectivity index (χ0v) is 7.19. The molecule has 4 nitrogen and oxygen atoms in total. The van der Waals surface area contributed by atoms with Gasteiger partial charge in [-0.15, -0.1) is 0 Å². The molecule has 0 unspecified atom stereocenters. The summed E-state index contributed by atoms with van der Waals surface area (Å²) in [5, 5.41) is 2.94. The third-order valence-corrected chi connectivity index (χ3v) is 1.70. The molecule has 2 heterocycles. The predicted octanol–water partition coefficient (Wildman–Crippen LogP) is 1.78. The summed E-state index contributed by atoms with van der Waals surface area (Å²) in [5.74, 6) is 1.53. The van der Waals surface area contributed by atoms with Crippen LogP contribution in [0.25, 0.3) is 11.5 Å². The fourth-order valence-corrected chi connectivity index (χ4v) is 1.05. The van der Waals surface area contributed by atoms with Gasteiger partial charge >= 0.3 is 0 Å². The Hall–Kier alpha value is -1.84. The maximum absolute atomic E-state index is 5.20. The van der Waals surface area contributed by atoms with Crippen LogP contribution in [0.4, 0.5) is 5.82 Å². The van der Waals surface area contributed by atoms with E-state index in [4.69, 9.17) is 4.42 Å². The highest BCUT2D eigenvalue weighted by Crippen LogP contribution is 2.18. The van der Waals surface area contributed by atoms with Crippen molar-refractivity contribution in [3.63, 3.8) is 0 Å². The second-order valence-electron chi connectivity index (χ2n) is 2.52. The number of hydrogen-bond acceptors (Lipinski definition) is 4. The molecule has 0 saturated carbocycles. The van der Waals surface area contributed by atoms with Gasteiger partial charge in [-0.25, -0.2) is 9.97 Å². The fraction of sp³-hybridized carbons (Fsp3) is 0.111. The first-order valence-electron chi connectivity index (χ1n) is 3.94. The van der Waals surface area contributed by atoms with Crippen LogP contribution in [-0.2, 0) is 0 Å². The van der Waals surface area contributed by atoms with E-state index in [0.29, 0.717) is 0 Å². The minimum Gasteiger partial charge on any atom is -0.463 e. The maximum Gasteiger partial charge on any atom is 0.152 e. The minimum atomic E-state index is 0.749. The number of aromatic nitrogens is 2. The molecule has 4 heteroatoms. The molecular formula is C9H9N3O. The molecule has 2 aromatic heterocycles. The Balaban J connectivity index is 2.41. The van der Waals surface area contributed by atoms with Crippen LogP contribution in [0.3, 0.4) is 0 Å². The summed E-state index contributed by atoms with van der Waals surface area (Å²) in [6.45, 7) is 0. The third kappa shape index (κ3) is 1.51. The van der Waals surface area contributed by atoms with Gasteiger partial charge in [0.2, 0.25) is 0 Å². The Bertz CT molecular complexity index is 384. The molecule has 0 saturated heterocycles. The van der Waals surface area contributed by atoms with E-state index in [9.17, 15) is 0 Å². The van der Waals surface area contributed by atoms with Gasteiger partial charge in [0.15, 0.2) is 5.76 Å². The molecule has 0 aromatic carbocycles. The molecule has 66 valence electrons. The molecule has 0 bridgehead atoms. The Kier molecular flexibility index (Phi) is 1.96. The smallest absolute Gasteiger partial charge is 0.152 e. The maximum atomic E-state index is 5.20. The zero-order chi connectivity index (χ0) is 9.10. The first-order valence-corrected chi connectivity index (χ1v) is 3.94. The van der Waals surface area contributed by atoms with Crippen molar-refractivity contribution in [3.05, 3.63) is 30.8 Å². The number of anilines is 1. The first-order chi connectivity index (χ1) is 6.40. The number of nitrogens with zero attached hydrogens (tertiary/aromatic N) is 2. The summed E-state index contributed by atoms with van der Waals surface area (Å²) in [7, 11) is 1.81. The van der Waals surface area contributed by atoms with Crippen molar-refractivity contribution in [1.29, 1.82) is 0 Å². The minimum absolute atomic E-state index is 0.749. The van der Waals surface area contributed by atoms with Crippen LogP contribution in [0, 0.1) is 0 Å². The van der Waals surface area contributed by atoms with Crippen molar-refractivity contribution in [1.82, 2.24) is 9.97 Å². The standard InChI is InChI=1S/C9H9N3O/c1-10-9-5-7(11-6-12-9)8-3-2-4-13-8/h2-6H,1H3,(H,10,11,12). The number of hydrogen-bond donors (Lipinski definition) is 1. The summed E-state index contributed by atoms with van der Waals surface area (Å²) in [6, 6.07) is 5.52. The van der Waals surface area contributed by atoms with Crippen molar-refractivity contribution in [2.45, 2.75) is 0 Å². The van der Waals surface area contributed by atoms with E-state index < -0.39 is 0 Å². The van der Waals surface area contributed by atoms with Crippen molar-refractivity contribution >= 4 is 5.82 Å². The van der Waals surface area contributed by atoms with Gasteiger partial charge in [-0.1, -0.05) is 0 Å². The van der Waals surface area contributed by atoms with Gasteiger partial charge in [0.05, 0.1) is 6.26 Å². The molecule has 2 rings (SSSR count).